The molecule has 4 rings (SSSR count). The van der Waals surface area contributed by atoms with Crippen molar-refractivity contribution in [2.75, 3.05) is 5.32 Å². The molecule has 0 spiro atoms. The molecule has 7 nitrogen and oxygen atoms in total. The lowest BCUT2D eigenvalue weighted by molar-refractivity contribution is -0.121. The van der Waals surface area contributed by atoms with Crippen LogP contribution >= 0.6 is 0 Å². The number of nitrogens with one attached hydrogen (secondary N) is 4. The van der Waals surface area contributed by atoms with E-state index in [0.717, 1.165) is 28.5 Å². The van der Waals surface area contributed by atoms with Crippen LogP contribution in [0.15, 0.2) is 35.3 Å². The summed E-state index contributed by atoms with van der Waals surface area (Å²) in [6, 6.07) is 5.90. The Morgan fingerprint density at radius 3 is 3.14 bits per heavy atom. The van der Waals surface area contributed by atoms with E-state index in [-0.39, 0.29) is 18.0 Å². The van der Waals surface area contributed by atoms with Gasteiger partial charge in [-0.2, -0.15) is 5.10 Å². The lowest BCUT2D eigenvalue weighted by atomic mass is 9.93. The van der Waals surface area contributed by atoms with Crippen LogP contribution in [-0.4, -0.2) is 17.8 Å². The highest BCUT2D eigenvalue weighted by atomic mass is 16.5. The molecule has 0 radical (unpaired) electrons. The molecule has 108 valence electrons. The molecule has 4 N–H and O–H groups in total. The van der Waals surface area contributed by atoms with E-state index in [0.29, 0.717) is 6.42 Å². The minimum atomic E-state index is -0.0476. The Labute approximate surface area is 121 Å². The molecular weight excluding hydrogens is 270 g/mol. The molecular formula is C14H15N5O2. The van der Waals surface area contributed by atoms with Crippen LogP contribution in [0.25, 0.3) is 0 Å². The van der Waals surface area contributed by atoms with Gasteiger partial charge in [-0.05, 0) is 12.1 Å². The molecule has 7 heteroatoms. The van der Waals surface area contributed by atoms with Crippen molar-refractivity contribution in [2.24, 2.45) is 11.0 Å². The number of hydrogen-bond donors (Lipinski definition) is 4. The monoisotopic (exact) mass is 285 g/mol. The molecule has 3 aliphatic rings. The maximum atomic E-state index is 11.3. The normalized spacial score (nSPS) is 26.2. The third-order valence-corrected chi connectivity index (χ3v) is 3.79. The molecule has 3 aliphatic heterocycles. The van der Waals surface area contributed by atoms with Crippen LogP contribution in [0.3, 0.4) is 0 Å². The standard InChI is InChI=1S/C14H15N5O2/c1-7-4-12(20)17-18-13(7)8-2-3-9-10(5-8)21-11-6-15-19-14(11)16-9/h2-3,5-7,14-16,19H,4H2,1H3,(H,17,20). The predicted molar refractivity (Wildman–Crippen MR) is 77.3 cm³/mol. The smallest absolute Gasteiger partial charge is 0.240 e. The van der Waals surface area contributed by atoms with Crippen molar-refractivity contribution in [1.82, 2.24) is 16.3 Å². The van der Waals surface area contributed by atoms with Gasteiger partial charge >= 0.3 is 0 Å². The first-order valence-corrected chi connectivity index (χ1v) is 6.87. The van der Waals surface area contributed by atoms with Gasteiger partial charge in [0.15, 0.2) is 17.7 Å². The Balaban J connectivity index is 1.68. The quantitative estimate of drug-likeness (QED) is 0.608. The lowest BCUT2D eigenvalue weighted by Gasteiger charge is -2.27. The molecule has 0 fully saturated rings. The van der Waals surface area contributed by atoms with Gasteiger partial charge in [0, 0.05) is 17.9 Å². The van der Waals surface area contributed by atoms with Crippen molar-refractivity contribution in [1.29, 1.82) is 0 Å². The number of carbonyl (C=O) groups is 1. The Morgan fingerprint density at radius 1 is 1.38 bits per heavy atom. The second-order valence-electron chi connectivity index (χ2n) is 5.36. The van der Waals surface area contributed by atoms with E-state index < -0.39 is 0 Å². The van der Waals surface area contributed by atoms with Gasteiger partial charge in [-0.1, -0.05) is 13.0 Å². The lowest BCUT2D eigenvalue weighted by Crippen LogP contribution is -2.41. The highest BCUT2D eigenvalue weighted by Gasteiger charge is 2.29. The molecule has 0 saturated heterocycles. The Morgan fingerprint density at radius 2 is 2.29 bits per heavy atom. The zero-order valence-corrected chi connectivity index (χ0v) is 11.4. The van der Waals surface area contributed by atoms with Crippen LogP contribution in [0.1, 0.15) is 18.9 Å². The van der Waals surface area contributed by atoms with E-state index in [9.17, 15) is 4.79 Å². The number of amides is 1. The Kier molecular flexibility index (Phi) is 2.61. The zero-order chi connectivity index (χ0) is 14.4. The summed E-state index contributed by atoms with van der Waals surface area (Å²) >= 11 is 0. The second kappa shape index (κ2) is 4.49. The molecule has 1 aromatic rings. The molecule has 3 heterocycles. The van der Waals surface area contributed by atoms with E-state index in [2.05, 4.69) is 26.7 Å². The molecule has 21 heavy (non-hydrogen) atoms. The van der Waals surface area contributed by atoms with Gasteiger partial charge in [0.25, 0.3) is 0 Å². The fourth-order valence-electron chi connectivity index (χ4n) is 2.72. The van der Waals surface area contributed by atoms with Gasteiger partial charge < -0.3 is 15.5 Å². The number of rotatable bonds is 1. The fraction of sp³-hybridized carbons (Fsp3) is 0.286. The first-order chi connectivity index (χ1) is 10.2. The minimum absolute atomic E-state index is 0.0433. The third-order valence-electron chi connectivity index (χ3n) is 3.79. The number of hydrazine groups is 1. The molecule has 1 amide bonds. The van der Waals surface area contributed by atoms with E-state index in [4.69, 9.17) is 4.74 Å². The molecule has 0 aliphatic carbocycles. The van der Waals surface area contributed by atoms with E-state index in [1.165, 1.54) is 0 Å². The maximum absolute atomic E-state index is 11.3. The maximum Gasteiger partial charge on any atom is 0.240 e. The summed E-state index contributed by atoms with van der Waals surface area (Å²) in [6.45, 7) is 2.00. The van der Waals surface area contributed by atoms with Crippen LogP contribution in [0.2, 0.25) is 0 Å². The predicted octanol–water partition coefficient (Wildman–Crippen LogP) is 0.626. The number of fused-ring (bicyclic) bond motifs is 2. The largest absolute Gasteiger partial charge is 0.454 e. The average Bonchev–Trinajstić information content (AvgIpc) is 2.91. The molecule has 0 bridgehead atoms. The first kappa shape index (κ1) is 12.2. The van der Waals surface area contributed by atoms with Crippen molar-refractivity contribution in [3.8, 4) is 5.75 Å². The van der Waals surface area contributed by atoms with Gasteiger partial charge in [-0.3, -0.25) is 4.79 Å². The van der Waals surface area contributed by atoms with Crippen molar-refractivity contribution in [3.63, 3.8) is 0 Å². The van der Waals surface area contributed by atoms with Crippen LogP contribution in [0.5, 0.6) is 5.75 Å². The number of hydrogen-bond acceptors (Lipinski definition) is 6. The summed E-state index contributed by atoms with van der Waals surface area (Å²) in [5, 5.41) is 7.51. The topological polar surface area (TPSA) is 86.8 Å². The Hall–Kier alpha value is -2.54. The van der Waals surface area contributed by atoms with Gasteiger partial charge in [-0.25, -0.2) is 10.9 Å². The Bertz CT molecular complexity index is 682. The number of nitrogens with zero attached hydrogens (tertiary/aromatic N) is 1. The molecule has 2 atom stereocenters. The second-order valence-corrected chi connectivity index (χ2v) is 5.36. The van der Waals surface area contributed by atoms with Gasteiger partial charge in [0.05, 0.1) is 17.6 Å². The van der Waals surface area contributed by atoms with Crippen LogP contribution in [0, 0.1) is 5.92 Å². The number of anilines is 1. The van der Waals surface area contributed by atoms with Gasteiger partial charge in [-0.15, -0.1) is 0 Å². The molecule has 2 unspecified atom stereocenters. The SMILES string of the molecule is CC1CC(=O)NN=C1c1ccc2c(c1)OC1=CNNC1N2. The third kappa shape index (κ3) is 2.02. The van der Waals surface area contributed by atoms with E-state index in [1.807, 2.05) is 25.1 Å². The summed E-state index contributed by atoms with van der Waals surface area (Å²) in [6.07, 6.45) is 2.19. The summed E-state index contributed by atoms with van der Waals surface area (Å²) in [4.78, 5) is 11.3. The molecule has 0 aromatic heterocycles. The zero-order valence-electron chi connectivity index (χ0n) is 11.4. The number of hydrazone groups is 1. The summed E-state index contributed by atoms with van der Waals surface area (Å²) < 4.78 is 5.87. The first-order valence-electron chi connectivity index (χ1n) is 6.87. The molecule has 1 aromatic carbocycles. The minimum Gasteiger partial charge on any atom is -0.454 e. The van der Waals surface area contributed by atoms with E-state index in [1.54, 1.807) is 6.20 Å². The van der Waals surface area contributed by atoms with Gasteiger partial charge in [0.2, 0.25) is 5.91 Å². The van der Waals surface area contributed by atoms with Crippen molar-refractivity contribution >= 4 is 17.3 Å². The summed E-state index contributed by atoms with van der Waals surface area (Å²) in [5.41, 5.74) is 11.3. The summed E-state index contributed by atoms with van der Waals surface area (Å²) in [7, 11) is 0. The highest BCUT2D eigenvalue weighted by Crippen LogP contribution is 2.34. The van der Waals surface area contributed by atoms with E-state index >= 15 is 0 Å². The van der Waals surface area contributed by atoms with Crippen molar-refractivity contribution in [3.05, 3.63) is 35.7 Å². The van der Waals surface area contributed by atoms with Crippen LogP contribution in [-0.2, 0) is 4.79 Å². The average molecular weight is 285 g/mol. The number of benzene rings is 1. The van der Waals surface area contributed by atoms with Crippen molar-refractivity contribution in [2.45, 2.75) is 19.5 Å². The highest BCUT2D eigenvalue weighted by molar-refractivity contribution is 6.06. The van der Waals surface area contributed by atoms with Gasteiger partial charge in [0.1, 0.15) is 0 Å². The van der Waals surface area contributed by atoms with Crippen LogP contribution in [0.4, 0.5) is 5.69 Å². The molecule has 0 saturated carbocycles. The van der Waals surface area contributed by atoms with Crippen LogP contribution < -0.4 is 26.3 Å². The van der Waals surface area contributed by atoms with Crippen molar-refractivity contribution < 1.29 is 9.53 Å². The summed E-state index contributed by atoms with van der Waals surface area (Å²) in [5.74, 6) is 1.60. The fourth-order valence-corrected chi connectivity index (χ4v) is 2.72. The number of ether oxygens (including phenoxy) is 1. The number of carbonyl (C=O) groups excluding carboxylic acids is 1.